The van der Waals surface area contributed by atoms with E-state index in [2.05, 4.69) is 23.3 Å². The molecule has 4 atom stereocenters. The molecule has 2 aliphatic heterocycles. The van der Waals surface area contributed by atoms with E-state index in [9.17, 15) is 0 Å². The maximum Gasteiger partial charge on any atom is 0.126 e. The largest absolute Gasteiger partial charge is 0.383 e. The number of nitrogen functional groups attached to an aromatic ring is 1. The molecule has 0 aromatic carbocycles. The number of pyridine rings is 1. The lowest BCUT2D eigenvalue weighted by molar-refractivity contribution is 0.0857. The topological polar surface area (TPSA) is 60.2 Å². The first-order chi connectivity index (χ1) is 9.78. The van der Waals surface area contributed by atoms with E-state index in [-0.39, 0.29) is 0 Å². The number of anilines is 1. The van der Waals surface area contributed by atoms with Gasteiger partial charge in [-0.2, -0.15) is 0 Å². The van der Waals surface area contributed by atoms with E-state index >= 15 is 0 Å². The minimum absolute atomic E-state index is 0.451. The molecule has 4 heteroatoms. The lowest BCUT2D eigenvalue weighted by atomic mass is 9.81. The molecule has 20 heavy (non-hydrogen) atoms. The Kier molecular flexibility index (Phi) is 4.22. The van der Waals surface area contributed by atoms with E-state index < -0.39 is 0 Å². The van der Waals surface area contributed by atoms with Gasteiger partial charge >= 0.3 is 0 Å². The fourth-order valence-corrected chi connectivity index (χ4v) is 3.67. The number of hydrogen-bond donors (Lipinski definition) is 2. The first-order valence-corrected chi connectivity index (χ1v) is 7.86. The van der Waals surface area contributed by atoms with Crippen molar-refractivity contribution in [3.63, 3.8) is 0 Å². The zero-order valence-electron chi connectivity index (χ0n) is 12.2. The van der Waals surface area contributed by atoms with Gasteiger partial charge in [-0.1, -0.05) is 13.0 Å². The molecule has 2 saturated heterocycles. The van der Waals surface area contributed by atoms with Crippen molar-refractivity contribution >= 4 is 5.82 Å². The maximum absolute atomic E-state index is 6.03. The zero-order valence-corrected chi connectivity index (χ0v) is 12.2. The van der Waals surface area contributed by atoms with Gasteiger partial charge in [-0.3, -0.25) is 0 Å². The molecule has 3 heterocycles. The summed E-state index contributed by atoms with van der Waals surface area (Å²) < 4.78 is 6.03. The van der Waals surface area contributed by atoms with Crippen LogP contribution in [0, 0.1) is 5.92 Å². The number of hydrogen-bond acceptors (Lipinski definition) is 4. The molecule has 0 amide bonds. The summed E-state index contributed by atoms with van der Waals surface area (Å²) in [5.41, 5.74) is 7.16. The molecule has 1 aromatic rings. The van der Waals surface area contributed by atoms with Crippen LogP contribution in [0.2, 0.25) is 0 Å². The molecule has 2 bridgehead atoms. The lowest BCUT2D eigenvalue weighted by Gasteiger charge is -2.29. The number of fused-ring (bicyclic) bond motifs is 2. The van der Waals surface area contributed by atoms with E-state index in [1.165, 1.54) is 19.3 Å². The summed E-state index contributed by atoms with van der Waals surface area (Å²) in [5.74, 6) is 1.29. The Morgan fingerprint density at radius 3 is 3.05 bits per heavy atom. The Hall–Kier alpha value is -1.13. The summed E-state index contributed by atoms with van der Waals surface area (Å²) >= 11 is 0. The average molecular weight is 275 g/mol. The second-order valence-electron chi connectivity index (χ2n) is 6.09. The van der Waals surface area contributed by atoms with Crippen molar-refractivity contribution in [3.8, 4) is 0 Å². The summed E-state index contributed by atoms with van der Waals surface area (Å²) in [4.78, 5) is 4.21. The Balaban J connectivity index is 1.71. The van der Waals surface area contributed by atoms with Gasteiger partial charge in [-0.25, -0.2) is 4.98 Å². The molecule has 0 saturated carbocycles. The highest BCUT2D eigenvalue weighted by Crippen LogP contribution is 2.41. The molecule has 1 aromatic heterocycles. The Bertz CT molecular complexity index is 451. The van der Waals surface area contributed by atoms with Crippen molar-refractivity contribution in [2.45, 2.75) is 57.3 Å². The van der Waals surface area contributed by atoms with Gasteiger partial charge in [0.2, 0.25) is 0 Å². The molecule has 2 aliphatic rings. The minimum Gasteiger partial charge on any atom is -0.383 e. The highest BCUT2D eigenvalue weighted by Gasteiger charge is 2.44. The molecular weight excluding hydrogens is 250 g/mol. The third kappa shape index (κ3) is 2.81. The monoisotopic (exact) mass is 275 g/mol. The van der Waals surface area contributed by atoms with Gasteiger partial charge in [0.15, 0.2) is 0 Å². The van der Waals surface area contributed by atoms with Gasteiger partial charge in [-0.05, 0) is 50.3 Å². The van der Waals surface area contributed by atoms with Crippen molar-refractivity contribution in [3.05, 3.63) is 23.9 Å². The average Bonchev–Trinajstić information content (AvgIpc) is 3.08. The number of nitrogens with zero attached hydrogens (tertiary/aromatic N) is 1. The summed E-state index contributed by atoms with van der Waals surface area (Å²) in [5, 5.41) is 3.71. The zero-order chi connectivity index (χ0) is 13.9. The molecule has 4 unspecified atom stereocenters. The van der Waals surface area contributed by atoms with Gasteiger partial charge in [0.25, 0.3) is 0 Å². The normalized spacial score (nSPS) is 29.8. The maximum atomic E-state index is 6.03. The first kappa shape index (κ1) is 13.8. The third-order valence-electron chi connectivity index (χ3n) is 4.69. The third-order valence-corrected chi connectivity index (χ3v) is 4.69. The molecule has 0 spiro atoms. The van der Waals surface area contributed by atoms with Crippen LogP contribution in [-0.4, -0.2) is 29.8 Å². The lowest BCUT2D eigenvalue weighted by Crippen LogP contribution is -2.42. The highest BCUT2D eigenvalue weighted by atomic mass is 16.5. The molecule has 3 N–H and O–H groups in total. The smallest absolute Gasteiger partial charge is 0.126 e. The quantitative estimate of drug-likeness (QED) is 0.835. The van der Waals surface area contributed by atoms with Crippen LogP contribution in [0.25, 0.3) is 0 Å². The van der Waals surface area contributed by atoms with Gasteiger partial charge in [0.1, 0.15) is 5.82 Å². The van der Waals surface area contributed by atoms with E-state index in [1.54, 1.807) is 6.20 Å². The van der Waals surface area contributed by atoms with Crippen LogP contribution >= 0.6 is 0 Å². The summed E-state index contributed by atoms with van der Waals surface area (Å²) in [6.45, 7) is 3.26. The number of nitrogens with two attached hydrogens (primary N) is 1. The number of aromatic nitrogens is 1. The molecular formula is C16H25N3O. The molecule has 0 aliphatic carbocycles. The summed E-state index contributed by atoms with van der Waals surface area (Å²) in [6, 6.07) is 4.52. The van der Waals surface area contributed by atoms with Crippen molar-refractivity contribution in [2.75, 3.05) is 12.3 Å². The Morgan fingerprint density at radius 1 is 1.50 bits per heavy atom. The van der Waals surface area contributed by atoms with Crippen molar-refractivity contribution in [2.24, 2.45) is 5.92 Å². The SMILES string of the molecule is CCCNC(Cc1cccnc1N)C1CC2CCC1O2. The predicted octanol–water partition coefficient (Wildman–Crippen LogP) is 2.14. The highest BCUT2D eigenvalue weighted by molar-refractivity contribution is 5.39. The van der Waals surface area contributed by atoms with Gasteiger partial charge in [0, 0.05) is 18.2 Å². The summed E-state index contributed by atoms with van der Waals surface area (Å²) in [7, 11) is 0. The van der Waals surface area contributed by atoms with Crippen molar-refractivity contribution in [1.29, 1.82) is 0 Å². The van der Waals surface area contributed by atoms with Crippen molar-refractivity contribution < 1.29 is 4.74 Å². The Morgan fingerprint density at radius 2 is 2.40 bits per heavy atom. The molecule has 4 nitrogen and oxygen atoms in total. The molecule has 0 radical (unpaired) electrons. The van der Waals surface area contributed by atoms with Gasteiger partial charge < -0.3 is 15.8 Å². The number of nitrogens with one attached hydrogen (secondary N) is 1. The predicted molar refractivity (Wildman–Crippen MR) is 80.4 cm³/mol. The van der Waals surface area contributed by atoms with Crippen LogP contribution in [0.5, 0.6) is 0 Å². The fraction of sp³-hybridized carbons (Fsp3) is 0.688. The second-order valence-corrected chi connectivity index (χ2v) is 6.09. The molecule has 3 rings (SSSR count). The molecule has 110 valence electrons. The van der Waals surface area contributed by atoms with E-state index in [0.29, 0.717) is 30.0 Å². The van der Waals surface area contributed by atoms with Gasteiger partial charge in [0.05, 0.1) is 12.2 Å². The fourth-order valence-electron chi connectivity index (χ4n) is 3.67. The first-order valence-electron chi connectivity index (χ1n) is 7.86. The second kappa shape index (κ2) is 6.10. The van der Waals surface area contributed by atoms with Crippen LogP contribution in [-0.2, 0) is 11.2 Å². The number of rotatable bonds is 6. The summed E-state index contributed by atoms with van der Waals surface area (Å²) in [6.07, 6.45) is 8.49. The van der Waals surface area contributed by atoms with Gasteiger partial charge in [-0.15, -0.1) is 0 Å². The van der Waals surface area contributed by atoms with E-state index in [1.807, 2.05) is 6.07 Å². The van der Waals surface area contributed by atoms with Crippen molar-refractivity contribution in [1.82, 2.24) is 10.3 Å². The van der Waals surface area contributed by atoms with E-state index in [0.717, 1.165) is 24.9 Å². The number of ether oxygens (including phenoxy) is 1. The standard InChI is InChI=1S/C16H25N3O/c1-2-7-18-14(9-11-4-3-8-19-16(11)17)13-10-12-5-6-15(13)20-12/h3-4,8,12-15,18H,2,5-7,9-10H2,1H3,(H2,17,19). The minimum atomic E-state index is 0.451. The van der Waals surface area contributed by atoms with Crippen LogP contribution in [0.15, 0.2) is 18.3 Å². The van der Waals surface area contributed by atoms with Crippen LogP contribution < -0.4 is 11.1 Å². The molecule has 2 fully saturated rings. The van der Waals surface area contributed by atoms with Crippen LogP contribution in [0.1, 0.15) is 38.2 Å². The van der Waals surface area contributed by atoms with E-state index in [4.69, 9.17) is 10.5 Å². The van der Waals surface area contributed by atoms with Crippen LogP contribution in [0.3, 0.4) is 0 Å². The Labute approximate surface area is 121 Å². The van der Waals surface area contributed by atoms with Crippen LogP contribution in [0.4, 0.5) is 5.82 Å².